The van der Waals surface area contributed by atoms with Crippen molar-refractivity contribution in [2.24, 2.45) is 0 Å². The van der Waals surface area contributed by atoms with E-state index in [-0.39, 0.29) is 24.8 Å². The predicted molar refractivity (Wildman–Crippen MR) is 117 cm³/mol. The average Bonchev–Trinajstić information content (AvgIpc) is 3.26. The highest BCUT2D eigenvalue weighted by molar-refractivity contribution is 7.89. The van der Waals surface area contributed by atoms with E-state index in [4.69, 9.17) is 9.47 Å². The number of nitrogens with zero attached hydrogens (tertiary/aromatic N) is 1. The van der Waals surface area contributed by atoms with Gasteiger partial charge in [-0.25, -0.2) is 8.42 Å². The van der Waals surface area contributed by atoms with Crippen LogP contribution in [-0.2, 0) is 21.2 Å². The van der Waals surface area contributed by atoms with Crippen LogP contribution < -0.4 is 14.8 Å². The van der Waals surface area contributed by atoms with Gasteiger partial charge in [-0.05, 0) is 36.2 Å². The van der Waals surface area contributed by atoms with Gasteiger partial charge in [-0.15, -0.1) is 0 Å². The minimum absolute atomic E-state index is 0.134. The summed E-state index contributed by atoms with van der Waals surface area (Å²) in [5, 5.41) is 2.74. The summed E-state index contributed by atoms with van der Waals surface area (Å²) in [5.41, 5.74) is 1.50. The number of sulfonamides is 1. The van der Waals surface area contributed by atoms with E-state index in [0.29, 0.717) is 23.6 Å². The first-order chi connectivity index (χ1) is 15.0. The minimum atomic E-state index is -3.84. The lowest BCUT2D eigenvalue weighted by molar-refractivity contribution is -0.116. The Morgan fingerprint density at radius 1 is 0.903 bits per heavy atom. The highest BCUT2D eigenvalue weighted by atomic mass is 32.2. The van der Waals surface area contributed by atoms with Gasteiger partial charge in [-0.2, -0.15) is 4.31 Å². The third kappa shape index (κ3) is 5.04. The van der Waals surface area contributed by atoms with E-state index in [1.807, 2.05) is 30.3 Å². The zero-order valence-electron chi connectivity index (χ0n) is 16.7. The first-order valence-corrected chi connectivity index (χ1v) is 11.2. The number of fused-ring (bicyclic) bond motifs is 1. The molecule has 0 saturated carbocycles. The maximum Gasteiger partial charge on any atom is 0.243 e. The second-order valence-electron chi connectivity index (χ2n) is 7.00. The Morgan fingerprint density at radius 3 is 2.32 bits per heavy atom. The number of carbonyl (C=O) groups is 1. The Balaban J connectivity index is 1.51. The molecule has 160 valence electrons. The molecule has 0 radical (unpaired) electrons. The summed E-state index contributed by atoms with van der Waals surface area (Å²) in [7, 11) is -3.84. The number of hydrogen-bond donors (Lipinski definition) is 1. The van der Waals surface area contributed by atoms with Crippen molar-refractivity contribution in [1.82, 2.24) is 4.31 Å². The molecule has 0 spiro atoms. The number of ether oxygens (including phenoxy) is 2. The molecule has 3 aromatic rings. The van der Waals surface area contributed by atoms with Crippen molar-refractivity contribution in [3.05, 3.63) is 84.4 Å². The molecular weight excluding hydrogens is 416 g/mol. The summed E-state index contributed by atoms with van der Waals surface area (Å²) in [4.78, 5) is 12.9. The van der Waals surface area contributed by atoms with Crippen LogP contribution in [0.25, 0.3) is 0 Å². The van der Waals surface area contributed by atoms with Gasteiger partial charge in [0.15, 0.2) is 11.5 Å². The van der Waals surface area contributed by atoms with Gasteiger partial charge < -0.3 is 14.8 Å². The van der Waals surface area contributed by atoms with Gasteiger partial charge in [0, 0.05) is 18.3 Å². The lowest BCUT2D eigenvalue weighted by Gasteiger charge is -2.22. The molecule has 0 fully saturated rings. The molecule has 0 atom stereocenters. The maximum atomic E-state index is 13.2. The van der Waals surface area contributed by atoms with E-state index in [9.17, 15) is 13.2 Å². The second-order valence-corrected chi connectivity index (χ2v) is 8.94. The number of anilines is 1. The Morgan fingerprint density at radius 2 is 1.58 bits per heavy atom. The minimum Gasteiger partial charge on any atom is -0.454 e. The van der Waals surface area contributed by atoms with Crippen LogP contribution in [0, 0.1) is 0 Å². The van der Waals surface area contributed by atoms with Crippen LogP contribution in [0.15, 0.2) is 83.8 Å². The molecule has 0 saturated heterocycles. The van der Waals surface area contributed by atoms with Crippen molar-refractivity contribution >= 4 is 21.6 Å². The molecular formula is C23H22N2O5S. The SMILES string of the molecule is O=C(CN(CCc1ccccc1)S(=O)(=O)c1ccccc1)Nc1ccc2c(c1)OCO2. The number of rotatable bonds is 8. The topological polar surface area (TPSA) is 84.9 Å². The lowest BCUT2D eigenvalue weighted by Crippen LogP contribution is -2.39. The zero-order chi connectivity index (χ0) is 21.7. The quantitative estimate of drug-likeness (QED) is 0.583. The summed E-state index contributed by atoms with van der Waals surface area (Å²) in [6.45, 7) is 0.00359. The van der Waals surface area contributed by atoms with Crippen LogP contribution in [0.3, 0.4) is 0 Å². The molecule has 31 heavy (non-hydrogen) atoms. The van der Waals surface area contributed by atoms with Gasteiger partial charge >= 0.3 is 0 Å². The fourth-order valence-corrected chi connectivity index (χ4v) is 4.68. The Kier molecular flexibility index (Phi) is 6.20. The molecule has 1 aliphatic heterocycles. The summed E-state index contributed by atoms with van der Waals surface area (Å²) < 4.78 is 38.2. The van der Waals surface area contributed by atoms with Crippen molar-refractivity contribution < 1.29 is 22.7 Å². The van der Waals surface area contributed by atoms with Crippen LogP contribution >= 0.6 is 0 Å². The van der Waals surface area contributed by atoms with Crippen LogP contribution in [0.5, 0.6) is 11.5 Å². The first kappa shape index (κ1) is 20.9. The van der Waals surface area contributed by atoms with Gasteiger partial charge in [0.25, 0.3) is 0 Å². The predicted octanol–water partition coefficient (Wildman–Crippen LogP) is 3.29. The zero-order valence-corrected chi connectivity index (χ0v) is 17.5. The smallest absolute Gasteiger partial charge is 0.243 e. The molecule has 1 N–H and O–H groups in total. The summed E-state index contributed by atoms with van der Waals surface area (Å²) >= 11 is 0. The third-order valence-electron chi connectivity index (χ3n) is 4.85. The van der Waals surface area contributed by atoms with Gasteiger partial charge in [0.2, 0.25) is 22.7 Å². The Bertz CT molecular complexity index is 1150. The number of nitrogens with one attached hydrogen (secondary N) is 1. The van der Waals surface area contributed by atoms with E-state index in [1.165, 1.54) is 16.4 Å². The first-order valence-electron chi connectivity index (χ1n) is 9.81. The molecule has 1 heterocycles. The van der Waals surface area contributed by atoms with Crippen molar-refractivity contribution in [2.45, 2.75) is 11.3 Å². The fraction of sp³-hybridized carbons (Fsp3) is 0.174. The molecule has 1 aliphatic rings. The van der Waals surface area contributed by atoms with Crippen LogP contribution in [0.2, 0.25) is 0 Å². The maximum absolute atomic E-state index is 13.2. The van der Waals surface area contributed by atoms with Crippen molar-refractivity contribution in [3.8, 4) is 11.5 Å². The largest absolute Gasteiger partial charge is 0.454 e. The van der Waals surface area contributed by atoms with E-state index in [2.05, 4.69) is 5.32 Å². The summed E-state index contributed by atoms with van der Waals surface area (Å²) in [6, 6.07) is 22.7. The van der Waals surface area contributed by atoms with E-state index in [0.717, 1.165) is 5.56 Å². The van der Waals surface area contributed by atoms with Crippen molar-refractivity contribution in [1.29, 1.82) is 0 Å². The fourth-order valence-electron chi connectivity index (χ4n) is 3.26. The van der Waals surface area contributed by atoms with Gasteiger partial charge in [-0.1, -0.05) is 48.5 Å². The summed E-state index contributed by atoms with van der Waals surface area (Å²) in [6.07, 6.45) is 0.490. The Hall–Kier alpha value is -3.36. The molecule has 0 aromatic heterocycles. The van der Waals surface area contributed by atoms with Gasteiger partial charge in [0.1, 0.15) is 0 Å². The van der Waals surface area contributed by atoms with Crippen LogP contribution in [0.1, 0.15) is 5.56 Å². The third-order valence-corrected chi connectivity index (χ3v) is 6.71. The highest BCUT2D eigenvalue weighted by Gasteiger charge is 2.26. The van der Waals surface area contributed by atoms with Crippen molar-refractivity contribution in [3.63, 3.8) is 0 Å². The molecule has 0 aliphatic carbocycles. The number of carbonyl (C=O) groups excluding carboxylic acids is 1. The molecule has 1 amide bonds. The molecule has 4 rings (SSSR count). The van der Waals surface area contributed by atoms with E-state index in [1.54, 1.807) is 36.4 Å². The molecule has 0 unspecified atom stereocenters. The number of benzene rings is 3. The van der Waals surface area contributed by atoms with Crippen molar-refractivity contribution in [2.75, 3.05) is 25.2 Å². The highest BCUT2D eigenvalue weighted by Crippen LogP contribution is 2.34. The second kappa shape index (κ2) is 9.20. The standard InChI is InChI=1S/C23H22N2O5S/c26-23(24-19-11-12-21-22(15-19)30-17-29-21)16-25(14-13-18-7-3-1-4-8-18)31(27,28)20-9-5-2-6-10-20/h1-12,15H,13-14,16-17H2,(H,24,26). The molecule has 3 aromatic carbocycles. The van der Waals surface area contributed by atoms with Gasteiger partial charge in [-0.3, -0.25) is 4.79 Å². The average molecular weight is 439 g/mol. The summed E-state index contributed by atoms with van der Waals surface area (Å²) in [5.74, 6) is 0.705. The van der Waals surface area contributed by atoms with E-state index >= 15 is 0 Å². The lowest BCUT2D eigenvalue weighted by atomic mass is 10.1. The molecule has 8 heteroatoms. The molecule has 7 nitrogen and oxygen atoms in total. The number of hydrogen-bond acceptors (Lipinski definition) is 5. The Labute approximate surface area is 181 Å². The van der Waals surface area contributed by atoms with E-state index < -0.39 is 15.9 Å². The van der Waals surface area contributed by atoms with Gasteiger partial charge in [0.05, 0.1) is 11.4 Å². The normalized spacial score (nSPS) is 12.7. The monoisotopic (exact) mass is 438 g/mol. The molecule has 0 bridgehead atoms. The van der Waals surface area contributed by atoms with Crippen LogP contribution in [0.4, 0.5) is 5.69 Å². The van der Waals surface area contributed by atoms with Crippen LogP contribution in [-0.4, -0.2) is 38.5 Å². The number of amides is 1.